The third-order valence-corrected chi connectivity index (χ3v) is 7.48. The zero-order valence-corrected chi connectivity index (χ0v) is 23.4. The summed E-state index contributed by atoms with van der Waals surface area (Å²) in [6.07, 6.45) is 0.598. The molecule has 1 N–H and O–H groups in total. The minimum Gasteiger partial charge on any atom is -0.355 e. The largest absolute Gasteiger partial charge is 0.355 e. The lowest BCUT2D eigenvalue weighted by Crippen LogP contribution is -2.50. The van der Waals surface area contributed by atoms with Gasteiger partial charge in [-0.2, -0.15) is 0 Å². The minimum absolute atomic E-state index is 0.119. The van der Waals surface area contributed by atoms with Crippen LogP contribution in [0.25, 0.3) is 0 Å². The summed E-state index contributed by atoms with van der Waals surface area (Å²) >= 11 is 12.5. The molecule has 4 aromatic carbocycles. The molecule has 4 rings (SSSR count). The predicted octanol–water partition coefficient (Wildman–Crippen LogP) is 7.29. The van der Waals surface area contributed by atoms with E-state index in [-0.39, 0.29) is 30.7 Å². The Hall–Kier alpha value is -3.60. The van der Waals surface area contributed by atoms with E-state index < -0.39 is 6.04 Å². The van der Waals surface area contributed by atoms with Crippen molar-refractivity contribution in [3.8, 4) is 0 Å². The van der Waals surface area contributed by atoms with Crippen molar-refractivity contribution in [2.75, 3.05) is 6.54 Å². The number of likely N-dealkylation sites (N-methyl/N-ethyl adjacent to an activating group) is 1. The number of carbonyl (C=O) groups excluding carboxylic acids is 2. The molecule has 39 heavy (non-hydrogen) atoms. The second-order valence-corrected chi connectivity index (χ2v) is 10.3. The first kappa shape index (κ1) is 28.4. The molecule has 6 heteroatoms. The molecular formula is C33H32Cl2N2O2. The molecule has 0 fully saturated rings. The summed E-state index contributed by atoms with van der Waals surface area (Å²) in [6, 6.07) is 34.4. The lowest BCUT2D eigenvalue weighted by atomic mass is 9.87. The smallest absolute Gasteiger partial charge is 0.243 e. The standard InChI is InChI=1S/C33H32Cl2N2O2/c1-2-36-33(39)31(21-24-12-6-3-7-13-24)37(23-25-18-19-29(34)30(35)20-25)32(38)22-28(26-14-8-4-9-15-26)27-16-10-5-11-17-27/h3-20,28,31H,2,21-23H2,1H3,(H,36,39)/t31-/m0/s1. The topological polar surface area (TPSA) is 49.4 Å². The van der Waals surface area contributed by atoms with Crippen LogP contribution in [0.15, 0.2) is 109 Å². The van der Waals surface area contributed by atoms with E-state index in [1.165, 1.54) is 0 Å². The number of hydrogen-bond donors (Lipinski definition) is 1. The molecule has 0 saturated carbocycles. The summed E-state index contributed by atoms with van der Waals surface area (Å²) in [5, 5.41) is 3.79. The molecule has 4 aromatic rings. The summed E-state index contributed by atoms with van der Waals surface area (Å²) in [5.74, 6) is -0.473. The van der Waals surface area contributed by atoms with Crippen molar-refractivity contribution in [1.29, 1.82) is 0 Å². The van der Waals surface area contributed by atoms with Crippen LogP contribution in [-0.4, -0.2) is 29.3 Å². The molecular weight excluding hydrogens is 527 g/mol. The molecule has 0 aliphatic carbocycles. The summed E-state index contributed by atoms with van der Waals surface area (Å²) in [6.45, 7) is 2.57. The molecule has 0 bridgehead atoms. The maximum Gasteiger partial charge on any atom is 0.243 e. The number of amides is 2. The van der Waals surface area contributed by atoms with Gasteiger partial charge in [-0.1, -0.05) is 120 Å². The quantitative estimate of drug-likeness (QED) is 0.210. The average Bonchev–Trinajstić information content (AvgIpc) is 2.97. The second-order valence-electron chi connectivity index (χ2n) is 9.45. The SMILES string of the molecule is CCNC(=O)[C@H](Cc1ccccc1)N(Cc1ccc(Cl)c(Cl)c1)C(=O)CC(c1ccccc1)c1ccccc1. The van der Waals surface area contributed by atoms with Crippen LogP contribution >= 0.6 is 23.2 Å². The Bertz CT molecular complexity index is 1330. The lowest BCUT2D eigenvalue weighted by Gasteiger charge is -2.33. The first-order chi connectivity index (χ1) is 19.0. The molecule has 2 amide bonds. The Morgan fingerprint density at radius 3 is 1.85 bits per heavy atom. The third-order valence-electron chi connectivity index (χ3n) is 6.74. The summed E-state index contributed by atoms with van der Waals surface area (Å²) in [5.41, 5.74) is 3.87. The van der Waals surface area contributed by atoms with E-state index in [0.717, 1.165) is 22.3 Å². The van der Waals surface area contributed by atoms with E-state index in [2.05, 4.69) is 5.32 Å². The van der Waals surface area contributed by atoms with Crippen LogP contribution in [-0.2, 0) is 22.6 Å². The Balaban J connectivity index is 1.73. The van der Waals surface area contributed by atoms with Crippen molar-refractivity contribution in [3.63, 3.8) is 0 Å². The highest BCUT2D eigenvalue weighted by molar-refractivity contribution is 6.42. The van der Waals surface area contributed by atoms with Gasteiger partial charge in [-0.3, -0.25) is 9.59 Å². The Labute approximate surface area is 240 Å². The molecule has 4 nitrogen and oxygen atoms in total. The normalized spacial score (nSPS) is 11.7. The van der Waals surface area contributed by atoms with Crippen LogP contribution in [0.1, 0.15) is 41.5 Å². The first-order valence-corrected chi connectivity index (χ1v) is 13.9. The van der Waals surface area contributed by atoms with Crippen molar-refractivity contribution in [1.82, 2.24) is 10.2 Å². The van der Waals surface area contributed by atoms with E-state index >= 15 is 0 Å². The van der Waals surface area contributed by atoms with E-state index in [0.29, 0.717) is 23.0 Å². The highest BCUT2D eigenvalue weighted by Crippen LogP contribution is 2.30. The molecule has 0 saturated heterocycles. The van der Waals surface area contributed by atoms with Crippen LogP contribution in [0.2, 0.25) is 10.0 Å². The number of rotatable bonds is 11. The van der Waals surface area contributed by atoms with Gasteiger partial charge in [0.05, 0.1) is 10.0 Å². The zero-order chi connectivity index (χ0) is 27.6. The summed E-state index contributed by atoms with van der Waals surface area (Å²) < 4.78 is 0. The molecule has 0 aromatic heterocycles. The number of hydrogen-bond acceptors (Lipinski definition) is 2. The maximum atomic E-state index is 14.3. The highest BCUT2D eigenvalue weighted by Gasteiger charge is 2.32. The van der Waals surface area contributed by atoms with Crippen LogP contribution in [0.5, 0.6) is 0 Å². The summed E-state index contributed by atoms with van der Waals surface area (Å²) in [7, 11) is 0. The second kappa shape index (κ2) is 14.0. The fourth-order valence-corrected chi connectivity index (χ4v) is 5.09. The van der Waals surface area contributed by atoms with Gasteiger partial charge in [-0.25, -0.2) is 0 Å². The lowest BCUT2D eigenvalue weighted by molar-refractivity contribution is -0.141. The number of carbonyl (C=O) groups is 2. The first-order valence-electron chi connectivity index (χ1n) is 13.1. The summed E-state index contributed by atoms with van der Waals surface area (Å²) in [4.78, 5) is 29.5. The molecule has 200 valence electrons. The fourth-order valence-electron chi connectivity index (χ4n) is 4.77. The van der Waals surface area contributed by atoms with Gasteiger partial charge in [0.15, 0.2) is 0 Å². The van der Waals surface area contributed by atoms with Gasteiger partial charge in [0.25, 0.3) is 0 Å². The number of nitrogens with one attached hydrogen (secondary N) is 1. The van der Waals surface area contributed by atoms with E-state index in [1.807, 2.05) is 104 Å². The van der Waals surface area contributed by atoms with Crippen LogP contribution in [0.3, 0.4) is 0 Å². The van der Waals surface area contributed by atoms with Gasteiger partial charge in [0, 0.05) is 31.8 Å². The van der Waals surface area contributed by atoms with Crippen molar-refractivity contribution < 1.29 is 9.59 Å². The van der Waals surface area contributed by atoms with E-state index in [4.69, 9.17) is 23.2 Å². The zero-order valence-electron chi connectivity index (χ0n) is 21.9. The van der Waals surface area contributed by atoms with Gasteiger partial charge in [-0.05, 0) is 41.3 Å². The monoisotopic (exact) mass is 558 g/mol. The minimum atomic E-state index is -0.707. The van der Waals surface area contributed by atoms with Crippen LogP contribution < -0.4 is 5.32 Å². The highest BCUT2D eigenvalue weighted by atomic mass is 35.5. The van der Waals surface area contributed by atoms with Gasteiger partial charge in [0.1, 0.15) is 6.04 Å². The number of nitrogens with zero attached hydrogens (tertiary/aromatic N) is 1. The third kappa shape index (κ3) is 7.72. The number of benzene rings is 4. The molecule has 1 atom stereocenters. The van der Waals surface area contributed by atoms with Gasteiger partial charge >= 0.3 is 0 Å². The number of halogens is 2. The predicted molar refractivity (Wildman–Crippen MR) is 159 cm³/mol. The van der Waals surface area contributed by atoms with Gasteiger partial charge < -0.3 is 10.2 Å². The Morgan fingerprint density at radius 2 is 1.31 bits per heavy atom. The maximum absolute atomic E-state index is 14.3. The van der Waals surface area contributed by atoms with E-state index in [9.17, 15) is 9.59 Å². The average molecular weight is 560 g/mol. The van der Waals surface area contributed by atoms with Gasteiger partial charge in [0.2, 0.25) is 11.8 Å². The van der Waals surface area contributed by atoms with Crippen LogP contribution in [0, 0.1) is 0 Å². The molecule has 0 spiro atoms. The molecule has 0 aliphatic rings. The van der Waals surface area contributed by atoms with Crippen molar-refractivity contribution in [3.05, 3.63) is 141 Å². The van der Waals surface area contributed by atoms with Crippen molar-refractivity contribution >= 4 is 35.0 Å². The fraction of sp³-hybridized carbons (Fsp3) is 0.212. The Morgan fingerprint density at radius 1 is 0.744 bits per heavy atom. The van der Waals surface area contributed by atoms with Gasteiger partial charge in [-0.15, -0.1) is 0 Å². The molecule has 0 radical (unpaired) electrons. The molecule has 0 aliphatic heterocycles. The van der Waals surface area contributed by atoms with Crippen molar-refractivity contribution in [2.45, 2.75) is 38.3 Å². The Kier molecular flexibility index (Phi) is 10.2. The molecule has 0 heterocycles. The van der Waals surface area contributed by atoms with Crippen LogP contribution in [0.4, 0.5) is 0 Å². The molecule has 0 unspecified atom stereocenters. The van der Waals surface area contributed by atoms with Crippen molar-refractivity contribution in [2.24, 2.45) is 0 Å². The van der Waals surface area contributed by atoms with E-state index in [1.54, 1.807) is 17.0 Å².